The fourth-order valence-electron chi connectivity index (χ4n) is 0.655. The molecule has 0 aliphatic carbocycles. The number of aliphatic hydroxyl groups excluding tert-OH is 1. The highest BCUT2D eigenvalue weighted by Gasteiger charge is 1.96. The van der Waals surface area contributed by atoms with Crippen molar-refractivity contribution in [3.63, 3.8) is 0 Å². The molecule has 0 bridgehead atoms. The molecule has 4 nitrogen and oxygen atoms in total. The Bertz CT molecular complexity index is 267. The van der Waals surface area contributed by atoms with Crippen LogP contribution in [0.15, 0.2) is 30.3 Å². The first-order valence-corrected chi connectivity index (χ1v) is 4.53. The van der Waals surface area contributed by atoms with Gasteiger partial charge in [0.05, 0.1) is 18.3 Å². The highest BCUT2D eigenvalue weighted by molar-refractivity contribution is 5.87. The lowest BCUT2D eigenvalue weighted by atomic mass is 10.2. The van der Waals surface area contributed by atoms with Gasteiger partial charge in [-0.1, -0.05) is 18.2 Å². The monoisotopic (exact) mass is 212 g/mol. The van der Waals surface area contributed by atoms with E-state index < -0.39 is 5.97 Å². The van der Waals surface area contributed by atoms with E-state index in [-0.39, 0.29) is 12.7 Å². The molecule has 1 aromatic rings. The molecular weight excluding hydrogens is 196 g/mol. The first kappa shape index (κ1) is 13.6. The number of hydrogen-bond donors (Lipinski definition) is 2. The van der Waals surface area contributed by atoms with Gasteiger partial charge in [0.25, 0.3) is 0 Å². The van der Waals surface area contributed by atoms with Crippen molar-refractivity contribution in [3.8, 4) is 0 Å². The maximum absolute atomic E-state index is 10.2. The molecule has 2 N–H and O–H groups in total. The zero-order valence-corrected chi connectivity index (χ0v) is 8.88. The minimum Gasteiger partial charge on any atom is -0.478 e. The molecule has 4 heteroatoms. The summed E-state index contributed by atoms with van der Waals surface area (Å²) in [5, 5.41) is 16.6. The van der Waals surface area contributed by atoms with Gasteiger partial charge in [0.2, 0.25) is 0 Å². The quantitative estimate of drug-likeness (QED) is 0.794. The van der Waals surface area contributed by atoms with Gasteiger partial charge in [0, 0.05) is 7.11 Å². The molecule has 0 saturated heterocycles. The number of methoxy groups -OCH3 is 1. The van der Waals surface area contributed by atoms with Gasteiger partial charge in [-0.05, 0) is 19.1 Å². The van der Waals surface area contributed by atoms with Crippen molar-refractivity contribution in [2.75, 3.05) is 13.7 Å². The minimum atomic E-state index is -0.879. The van der Waals surface area contributed by atoms with Crippen LogP contribution in [-0.4, -0.2) is 36.0 Å². The first-order valence-electron chi connectivity index (χ1n) is 4.53. The molecule has 1 unspecified atom stereocenters. The van der Waals surface area contributed by atoms with E-state index in [1.54, 1.807) is 44.4 Å². The summed E-state index contributed by atoms with van der Waals surface area (Å²) in [7, 11) is 1.57. The van der Waals surface area contributed by atoms with E-state index in [0.29, 0.717) is 5.56 Å². The molecule has 0 aliphatic rings. The van der Waals surface area contributed by atoms with Crippen molar-refractivity contribution in [2.45, 2.75) is 13.0 Å². The van der Waals surface area contributed by atoms with Crippen LogP contribution in [0.3, 0.4) is 0 Å². The molecule has 1 atom stereocenters. The van der Waals surface area contributed by atoms with Crippen molar-refractivity contribution >= 4 is 5.97 Å². The predicted octanol–water partition coefficient (Wildman–Crippen LogP) is 1.40. The Morgan fingerprint density at radius 2 is 1.93 bits per heavy atom. The molecule has 1 aromatic carbocycles. The Labute approximate surface area is 89.1 Å². The lowest BCUT2D eigenvalue weighted by molar-refractivity contribution is 0.0623. The first-order chi connectivity index (χ1) is 7.11. The smallest absolute Gasteiger partial charge is 0.335 e. The topological polar surface area (TPSA) is 66.8 Å². The molecular formula is C11H16O4. The average Bonchev–Trinajstić information content (AvgIpc) is 2.30. The number of carboxylic acids is 1. The largest absolute Gasteiger partial charge is 0.478 e. The van der Waals surface area contributed by atoms with Crippen LogP contribution in [0.4, 0.5) is 0 Å². The summed E-state index contributed by atoms with van der Waals surface area (Å²) >= 11 is 0. The number of aliphatic hydroxyl groups is 1. The molecule has 0 aromatic heterocycles. The zero-order chi connectivity index (χ0) is 11.7. The van der Waals surface area contributed by atoms with E-state index in [1.165, 1.54) is 0 Å². The lowest BCUT2D eigenvalue weighted by Crippen LogP contribution is -2.08. The number of benzene rings is 1. The fraction of sp³-hybridized carbons (Fsp3) is 0.364. The second-order valence-electron chi connectivity index (χ2n) is 2.90. The summed E-state index contributed by atoms with van der Waals surface area (Å²) in [5.41, 5.74) is 0.331. The van der Waals surface area contributed by atoms with Crippen LogP contribution in [0.2, 0.25) is 0 Å². The average molecular weight is 212 g/mol. The van der Waals surface area contributed by atoms with Crippen molar-refractivity contribution < 1.29 is 19.7 Å². The molecule has 0 fully saturated rings. The van der Waals surface area contributed by atoms with Gasteiger partial charge < -0.3 is 14.9 Å². The van der Waals surface area contributed by atoms with Crippen LogP contribution in [0.1, 0.15) is 17.3 Å². The SMILES string of the molecule is COC(C)CO.O=C(O)c1ccccc1. The van der Waals surface area contributed by atoms with Crippen LogP contribution in [0.25, 0.3) is 0 Å². The molecule has 84 valence electrons. The molecule has 0 aliphatic heterocycles. The molecule has 15 heavy (non-hydrogen) atoms. The number of rotatable bonds is 3. The van der Waals surface area contributed by atoms with E-state index in [1.807, 2.05) is 0 Å². The van der Waals surface area contributed by atoms with E-state index >= 15 is 0 Å². The highest BCUT2D eigenvalue weighted by atomic mass is 16.5. The Hall–Kier alpha value is -1.39. The molecule has 1 rings (SSSR count). The summed E-state index contributed by atoms with van der Waals surface area (Å²) < 4.78 is 4.65. The summed E-state index contributed by atoms with van der Waals surface area (Å²) in [6.07, 6.45) is -0.00926. The van der Waals surface area contributed by atoms with Crippen LogP contribution in [-0.2, 0) is 4.74 Å². The maximum atomic E-state index is 10.2. The van der Waals surface area contributed by atoms with Crippen LogP contribution in [0, 0.1) is 0 Å². The van der Waals surface area contributed by atoms with Gasteiger partial charge >= 0.3 is 5.97 Å². The normalized spacial score (nSPS) is 11.1. The van der Waals surface area contributed by atoms with Crippen molar-refractivity contribution in [2.24, 2.45) is 0 Å². The van der Waals surface area contributed by atoms with E-state index in [4.69, 9.17) is 10.2 Å². The van der Waals surface area contributed by atoms with Gasteiger partial charge in [0.15, 0.2) is 0 Å². The van der Waals surface area contributed by atoms with Gasteiger partial charge in [-0.25, -0.2) is 4.79 Å². The predicted molar refractivity (Wildman–Crippen MR) is 57.0 cm³/mol. The second kappa shape index (κ2) is 7.96. The third-order valence-electron chi connectivity index (χ3n) is 1.68. The minimum absolute atomic E-state index is 0.00926. The van der Waals surface area contributed by atoms with Gasteiger partial charge in [0.1, 0.15) is 0 Å². The maximum Gasteiger partial charge on any atom is 0.335 e. The van der Waals surface area contributed by atoms with E-state index in [2.05, 4.69) is 4.74 Å². The third-order valence-corrected chi connectivity index (χ3v) is 1.68. The fourth-order valence-corrected chi connectivity index (χ4v) is 0.655. The van der Waals surface area contributed by atoms with Crippen molar-refractivity contribution in [3.05, 3.63) is 35.9 Å². The molecule has 0 spiro atoms. The number of ether oxygens (including phenoxy) is 1. The van der Waals surface area contributed by atoms with Crippen LogP contribution >= 0.6 is 0 Å². The zero-order valence-electron chi connectivity index (χ0n) is 8.88. The standard InChI is InChI=1S/C7H6O2.C4H10O2/c8-7(9)6-4-2-1-3-5-6;1-4(3-5)6-2/h1-5H,(H,8,9);4-5H,3H2,1-2H3. The molecule has 0 heterocycles. The molecule has 0 radical (unpaired) electrons. The van der Waals surface area contributed by atoms with Crippen molar-refractivity contribution in [1.82, 2.24) is 0 Å². The molecule has 0 amide bonds. The van der Waals surface area contributed by atoms with E-state index in [0.717, 1.165) is 0 Å². The second-order valence-corrected chi connectivity index (χ2v) is 2.90. The van der Waals surface area contributed by atoms with E-state index in [9.17, 15) is 4.79 Å². The Balaban J connectivity index is 0.000000288. The van der Waals surface area contributed by atoms with Crippen molar-refractivity contribution in [1.29, 1.82) is 0 Å². The number of hydrogen-bond acceptors (Lipinski definition) is 3. The lowest BCUT2D eigenvalue weighted by Gasteiger charge is -2.00. The van der Waals surface area contributed by atoms with Gasteiger partial charge in [-0.2, -0.15) is 0 Å². The number of aromatic carboxylic acids is 1. The van der Waals surface area contributed by atoms with Crippen LogP contribution in [0.5, 0.6) is 0 Å². The summed E-state index contributed by atoms with van der Waals surface area (Å²) in [4.78, 5) is 10.2. The summed E-state index contributed by atoms with van der Waals surface area (Å²) in [6, 6.07) is 8.30. The van der Waals surface area contributed by atoms with Gasteiger partial charge in [-0.3, -0.25) is 0 Å². The Kier molecular flexibility index (Phi) is 7.23. The summed E-state index contributed by atoms with van der Waals surface area (Å²) in [6.45, 7) is 1.91. The number of carboxylic acid groups (broad SMARTS) is 1. The number of carbonyl (C=O) groups is 1. The molecule has 0 saturated carbocycles. The Morgan fingerprint density at radius 1 is 1.40 bits per heavy atom. The highest BCUT2D eigenvalue weighted by Crippen LogP contribution is 1.96. The van der Waals surface area contributed by atoms with Gasteiger partial charge in [-0.15, -0.1) is 0 Å². The summed E-state index contributed by atoms with van der Waals surface area (Å²) in [5.74, 6) is -0.879. The Morgan fingerprint density at radius 3 is 2.13 bits per heavy atom. The van der Waals surface area contributed by atoms with Crippen LogP contribution < -0.4 is 0 Å². The third kappa shape index (κ3) is 6.65.